The Balaban J connectivity index is 1.46. The van der Waals surface area contributed by atoms with Gasteiger partial charge in [0.15, 0.2) is 0 Å². The zero-order valence-electron chi connectivity index (χ0n) is 13.6. The quantitative estimate of drug-likeness (QED) is 0.770. The van der Waals surface area contributed by atoms with Crippen LogP contribution in [0, 0.1) is 11.8 Å². The molecule has 3 fully saturated rings. The number of hydrogen-bond donors (Lipinski definition) is 0. The first kappa shape index (κ1) is 15.8. The van der Waals surface area contributed by atoms with Crippen LogP contribution in [-0.4, -0.2) is 40.1 Å². The van der Waals surface area contributed by atoms with E-state index in [2.05, 4.69) is 0 Å². The molecule has 0 N–H and O–H groups in total. The maximum absolute atomic E-state index is 12.8. The first-order valence-corrected chi connectivity index (χ1v) is 9.70. The molecule has 0 radical (unpaired) electrons. The smallest absolute Gasteiger partial charge is 0.243 e. The van der Waals surface area contributed by atoms with E-state index in [9.17, 15) is 14.4 Å². The Morgan fingerprint density at radius 2 is 1.79 bits per heavy atom. The Morgan fingerprint density at radius 3 is 2.33 bits per heavy atom. The molecule has 3 aliphatic rings. The number of rotatable bonds is 5. The minimum Gasteiger partial charge on any atom is -0.333 e. The number of hydrogen-bond acceptors (Lipinski definition) is 4. The van der Waals surface area contributed by atoms with E-state index in [-0.39, 0.29) is 42.1 Å². The summed E-state index contributed by atoms with van der Waals surface area (Å²) in [4.78, 5) is 42.1. The number of fused-ring (bicyclic) bond motifs is 1. The highest BCUT2D eigenvalue weighted by atomic mass is 32.1. The topological polar surface area (TPSA) is 57.7 Å². The fourth-order valence-electron chi connectivity index (χ4n) is 3.99. The van der Waals surface area contributed by atoms with E-state index < -0.39 is 0 Å². The Kier molecular flexibility index (Phi) is 4.16. The second-order valence-electron chi connectivity index (χ2n) is 7.09. The van der Waals surface area contributed by atoms with Gasteiger partial charge in [0.05, 0.1) is 18.4 Å². The van der Waals surface area contributed by atoms with Crippen molar-refractivity contribution >= 4 is 29.1 Å². The summed E-state index contributed by atoms with van der Waals surface area (Å²) in [6.45, 7) is 0.511. The standard InChI is InChI=1S/C18H22N2O3S/c21-16(19(12-7-8-12)10-13-4-3-9-24-13)11-20-17(22)14-5-1-2-6-15(14)18(20)23/h3-4,9,12,14-15H,1-2,5-8,10-11H2. The van der Waals surface area contributed by atoms with Crippen molar-refractivity contribution in [3.8, 4) is 0 Å². The van der Waals surface area contributed by atoms with Crippen LogP contribution in [0.2, 0.25) is 0 Å². The predicted octanol–water partition coefficient (Wildman–Crippen LogP) is 2.41. The number of nitrogens with zero attached hydrogens (tertiary/aromatic N) is 2. The zero-order valence-corrected chi connectivity index (χ0v) is 14.5. The van der Waals surface area contributed by atoms with E-state index in [1.54, 1.807) is 11.3 Å². The van der Waals surface area contributed by atoms with Crippen LogP contribution >= 0.6 is 11.3 Å². The molecule has 2 saturated carbocycles. The summed E-state index contributed by atoms with van der Waals surface area (Å²) >= 11 is 1.63. The van der Waals surface area contributed by atoms with Gasteiger partial charge in [0, 0.05) is 10.9 Å². The molecule has 0 bridgehead atoms. The summed E-state index contributed by atoms with van der Waals surface area (Å²) in [5.74, 6) is -0.683. The van der Waals surface area contributed by atoms with Gasteiger partial charge >= 0.3 is 0 Å². The predicted molar refractivity (Wildman–Crippen MR) is 90.1 cm³/mol. The number of carbonyl (C=O) groups is 3. The first-order chi connectivity index (χ1) is 11.6. The van der Waals surface area contributed by atoms with E-state index in [1.165, 1.54) is 4.90 Å². The molecule has 1 aliphatic heterocycles. The van der Waals surface area contributed by atoms with Crippen molar-refractivity contribution in [3.05, 3.63) is 22.4 Å². The van der Waals surface area contributed by atoms with Gasteiger partial charge in [-0.1, -0.05) is 18.9 Å². The fraction of sp³-hybridized carbons (Fsp3) is 0.611. The molecule has 3 amide bonds. The van der Waals surface area contributed by atoms with E-state index >= 15 is 0 Å². The molecule has 2 unspecified atom stereocenters. The second kappa shape index (κ2) is 6.31. The van der Waals surface area contributed by atoms with Gasteiger partial charge in [0.1, 0.15) is 6.54 Å². The molecule has 128 valence electrons. The van der Waals surface area contributed by atoms with E-state index in [1.807, 2.05) is 22.4 Å². The maximum atomic E-state index is 12.8. The van der Waals surface area contributed by atoms with Crippen molar-refractivity contribution < 1.29 is 14.4 Å². The second-order valence-corrected chi connectivity index (χ2v) is 8.12. The summed E-state index contributed by atoms with van der Waals surface area (Å²) < 4.78 is 0. The van der Waals surface area contributed by atoms with Crippen molar-refractivity contribution in [3.63, 3.8) is 0 Å². The largest absolute Gasteiger partial charge is 0.333 e. The molecule has 1 saturated heterocycles. The molecule has 1 aromatic heterocycles. The van der Waals surface area contributed by atoms with Crippen LogP contribution < -0.4 is 0 Å². The molecule has 2 heterocycles. The van der Waals surface area contributed by atoms with E-state index in [0.29, 0.717) is 6.54 Å². The Morgan fingerprint density at radius 1 is 1.12 bits per heavy atom. The lowest BCUT2D eigenvalue weighted by molar-refractivity contribution is -0.147. The molecule has 1 aromatic rings. The van der Waals surface area contributed by atoms with Crippen LogP contribution in [0.1, 0.15) is 43.4 Å². The summed E-state index contributed by atoms with van der Waals surface area (Å²) in [6, 6.07) is 4.27. The minimum absolute atomic E-state index is 0.0768. The molecule has 24 heavy (non-hydrogen) atoms. The van der Waals surface area contributed by atoms with Gasteiger partial charge in [-0.3, -0.25) is 19.3 Å². The Bertz CT molecular complexity index is 629. The molecule has 2 atom stereocenters. The van der Waals surface area contributed by atoms with E-state index in [4.69, 9.17) is 0 Å². The Hall–Kier alpha value is -1.69. The van der Waals surface area contributed by atoms with E-state index in [0.717, 1.165) is 43.4 Å². The molecule has 4 rings (SSSR count). The van der Waals surface area contributed by atoms with Crippen LogP contribution in [0.3, 0.4) is 0 Å². The van der Waals surface area contributed by atoms with Crippen LogP contribution in [0.25, 0.3) is 0 Å². The van der Waals surface area contributed by atoms with Crippen molar-refractivity contribution in [1.82, 2.24) is 9.80 Å². The van der Waals surface area contributed by atoms with Crippen molar-refractivity contribution in [2.24, 2.45) is 11.8 Å². The SMILES string of the molecule is O=C1C2CCCCC2C(=O)N1CC(=O)N(Cc1cccs1)C1CC1. The van der Waals surface area contributed by atoms with Crippen LogP contribution in [-0.2, 0) is 20.9 Å². The number of amides is 3. The number of imide groups is 1. The van der Waals surface area contributed by atoms with Gasteiger partial charge in [-0.25, -0.2) is 0 Å². The number of carbonyl (C=O) groups excluding carboxylic acids is 3. The van der Waals surface area contributed by atoms with Gasteiger partial charge in [-0.15, -0.1) is 11.3 Å². The average Bonchev–Trinajstić information content (AvgIpc) is 3.25. The Labute approximate surface area is 145 Å². The summed E-state index contributed by atoms with van der Waals surface area (Å²) in [6.07, 6.45) is 5.64. The summed E-state index contributed by atoms with van der Waals surface area (Å²) in [5, 5.41) is 2.00. The van der Waals surface area contributed by atoms with Gasteiger partial charge in [-0.2, -0.15) is 0 Å². The minimum atomic E-state index is -0.175. The molecule has 0 spiro atoms. The van der Waals surface area contributed by atoms with Crippen molar-refractivity contribution in [2.45, 2.75) is 51.1 Å². The lowest BCUT2D eigenvalue weighted by atomic mass is 9.81. The van der Waals surface area contributed by atoms with Gasteiger partial charge in [0.25, 0.3) is 0 Å². The van der Waals surface area contributed by atoms with Crippen LogP contribution in [0.5, 0.6) is 0 Å². The number of likely N-dealkylation sites (tertiary alicyclic amines) is 1. The average molecular weight is 346 g/mol. The number of thiophene rings is 1. The lowest BCUT2D eigenvalue weighted by Gasteiger charge is -2.24. The zero-order chi connectivity index (χ0) is 16.7. The molecule has 0 aromatic carbocycles. The summed E-state index contributed by atoms with van der Waals surface area (Å²) in [5.41, 5.74) is 0. The van der Waals surface area contributed by atoms with Crippen molar-refractivity contribution in [1.29, 1.82) is 0 Å². The van der Waals surface area contributed by atoms with Gasteiger partial charge in [-0.05, 0) is 37.1 Å². The highest BCUT2D eigenvalue weighted by Gasteiger charge is 2.49. The molecular weight excluding hydrogens is 324 g/mol. The third-order valence-electron chi connectivity index (χ3n) is 5.44. The first-order valence-electron chi connectivity index (χ1n) is 8.82. The third-order valence-corrected chi connectivity index (χ3v) is 6.30. The molecular formula is C18H22N2O3S. The lowest BCUT2D eigenvalue weighted by Crippen LogP contribution is -2.43. The van der Waals surface area contributed by atoms with Crippen LogP contribution in [0.15, 0.2) is 17.5 Å². The third kappa shape index (κ3) is 2.88. The normalized spacial score (nSPS) is 26.6. The molecule has 2 aliphatic carbocycles. The maximum Gasteiger partial charge on any atom is 0.243 e. The highest BCUT2D eigenvalue weighted by molar-refractivity contribution is 7.09. The molecule has 6 heteroatoms. The summed E-state index contributed by atoms with van der Waals surface area (Å²) in [7, 11) is 0. The molecule has 5 nitrogen and oxygen atoms in total. The van der Waals surface area contributed by atoms with Crippen LogP contribution in [0.4, 0.5) is 0 Å². The highest BCUT2D eigenvalue weighted by Crippen LogP contribution is 2.38. The monoisotopic (exact) mass is 346 g/mol. The van der Waals surface area contributed by atoms with Gasteiger partial charge < -0.3 is 4.90 Å². The van der Waals surface area contributed by atoms with Gasteiger partial charge in [0.2, 0.25) is 17.7 Å². The van der Waals surface area contributed by atoms with Crippen molar-refractivity contribution in [2.75, 3.05) is 6.54 Å². The fourth-order valence-corrected chi connectivity index (χ4v) is 4.69.